The quantitative estimate of drug-likeness (QED) is 0.730. The van der Waals surface area contributed by atoms with E-state index in [0.29, 0.717) is 12.2 Å². The Labute approximate surface area is 132 Å². The van der Waals surface area contributed by atoms with Gasteiger partial charge in [-0.25, -0.2) is 14.0 Å². The number of urea groups is 1. The number of hydrogen-bond acceptors (Lipinski definition) is 4. The van der Waals surface area contributed by atoms with Crippen molar-refractivity contribution in [2.45, 2.75) is 32.2 Å². The van der Waals surface area contributed by atoms with Crippen molar-refractivity contribution in [3.05, 3.63) is 29.8 Å². The highest BCUT2D eigenvalue weighted by Gasteiger charge is 2.23. The fraction of sp³-hybridized carbons (Fsp3) is 0.500. The van der Waals surface area contributed by atoms with E-state index >= 15 is 0 Å². The van der Waals surface area contributed by atoms with E-state index in [9.17, 15) is 13.6 Å². The van der Waals surface area contributed by atoms with Crippen LogP contribution in [0.5, 0.6) is 0 Å². The zero-order valence-electron chi connectivity index (χ0n) is 12.4. The van der Waals surface area contributed by atoms with Crippen molar-refractivity contribution >= 4 is 23.0 Å². The van der Waals surface area contributed by atoms with Crippen LogP contribution < -0.4 is 15.5 Å². The van der Waals surface area contributed by atoms with Crippen LogP contribution in [0.2, 0.25) is 0 Å². The summed E-state index contributed by atoms with van der Waals surface area (Å²) in [7, 11) is 0. The molecule has 0 aliphatic carbocycles. The van der Waals surface area contributed by atoms with Gasteiger partial charge in [-0.05, 0) is 30.5 Å². The molecule has 0 spiro atoms. The van der Waals surface area contributed by atoms with Gasteiger partial charge in [-0.2, -0.15) is 4.31 Å². The van der Waals surface area contributed by atoms with Crippen molar-refractivity contribution in [2.24, 2.45) is 5.73 Å². The monoisotopic (exact) mass is 326 g/mol. The van der Waals surface area contributed by atoms with E-state index in [1.54, 1.807) is 24.3 Å². The molecule has 4 N–H and O–H groups in total. The Balaban J connectivity index is 2.08. The number of hydrazine groups is 1. The van der Waals surface area contributed by atoms with Crippen LogP contribution in [0.25, 0.3) is 0 Å². The van der Waals surface area contributed by atoms with Crippen LogP contribution in [-0.4, -0.2) is 32.9 Å². The first-order valence-corrected chi connectivity index (χ1v) is 8.44. The summed E-state index contributed by atoms with van der Waals surface area (Å²) in [5.41, 5.74) is 9.48. The number of nitrogens with zero attached hydrogens (tertiary/aromatic N) is 2. The van der Waals surface area contributed by atoms with E-state index in [4.69, 9.17) is 5.73 Å². The average molecular weight is 326 g/mol. The predicted octanol–water partition coefficient (Wildman–Crippen LogP) is 1.59. The number of rotatable bonds is 4. The number of amides is 2. The van der Waals surface area contributed by atoms with Crippen LogP contribution in [0, 0.1) is 0 Å². The first-order valence-electron chi connectivity index (χ1n) is 7.37. The highest BCUT2D eigenvalue weighted by atomic mass is 32.2. The van der Waals surface area contributed by atoms with Crippen molar-refractivity contribution in [2.75, 3.05) is 17.4 Å². The Morgan fingerprint density at radius 1 is 1.23 bits per heavy atom. The molecule has 8 heteroatoms. The summed E-state index contributed by atoms with van der Waals surface area (Å²) >= 11 is -2.44. The standard InChI is InChI=1S/C14H22N4O3S/c15-11-12-5-7-13(8-6-12)18(22(20)21)14(19)16-17-9-3-1-2-4-10-17/h5-8H,1-4,9-11,15H2,(H,16,19)(H,20,21). The lowest BCUT2D eigenvalue weighted by atomic mass is 10.2. The van der Waals surface area contributed by atoms with E-state index in [1.807, 2.05) is 5.01 Å². The molecule has 122 valence electrons. The number of nitrogens with two attached hydrogens (primary N) is 1. The molecule has 2 rings (SSSR count). The topological polar surface area (TPSA) is 98.9 Å². The third kappa shape index (κ3) is 4.51. The minimum absolute atomic E-state index is 0.352. The molecule has 0 bridgehead atoms. The van der Waals surface area contributed by atoms with E-state index in [0.717, 1.165) is 48.6 Å². The summed E-state index contributed by atoms with van der Waals surface area (Å²) in [6.07, 6.45) is 4.30. The van der Waals surface area contributed by atoms with Crippen LogP contribution >= 0.6 is 0 Å². The van der Waals surface area contributed by atoms with E-state index in [-0.39, 0.29) is 0 Å². The zero-order chi connectivity index (χ0) is 15.9. The maximum atomic E-state index is 12.3. The summed E-state index contributed by atoms with van der Waals surface area (Å²) in [6, 6.07) is 6.07. The van der Waals surface area contributed by atoms with Gasteiger partial charge in [-0.1, -0.05) is 25.0 Å². The van der Waals surface area contributed by atoms with Gasteiger partial charge in [0.1, 0.15) is 0 Å². The number of carbonyl (C=O) groups excluding carboxylic acids is 1. The second-order valence-corrected chi connectivity index (χ2v) is 6.04. The minimum Gasteiger partial charge on any atom is -0.326 e. The van der Waals surface area contributed by atoms with Gasteiger partial charge >= 0.3 is 6.03 Å². The van der Waals surface area contributed by atoms with Gasteiger partial charge in [0, 0.05) is 19.6 Å². The fourth-order valence-corrected chi connectivity index (χ4v) is 2.89. The third-order valence-electron chi connectivity index (χ3n) is 3.61. The van der Waals surface area contributed by atoms with Gasteiger partial charge in [-0.3, -0.25) is 9.98 Å². The molecule has 1 aromatic carbocycles. The van der Waals surface area contributed by atoms with E-state index in [1.165, 1.54) is 0 Å². The lowest BCUT2D eigenvalue weighted by Crippen LogP contribution is -2.50. The summed E-state index contributed by atoms with van der Waals surface area (Å²) in [5.74, 6) is 0. The molecular formula is C14H22N4O3S. The number of benzene rings is 1. The number of carbonyl (C=O) groups is 1. The van der Waals surface area contributed by atoms with E-state index in [2.05, 4.69) is 5.43 Å². The molecule has 1 fully saturated rings. The van der Waals surface area contributed by atoms with Crippen molar-refractivity contribution in [1.29, 1.82) is 0 Å². The van der Waals surface area contributed by atoms with Gasteiger partial charge < -0.3 is 5.73 Å². The van der Waals surface area contributed by atoms with Crippen LogP contribution in [-0.2, 0) is 17.8 Å². The second kappa shape index (κ2) is 8.23. The maximum Gasteiger partial charge on any atom is 0.350 e. The van der Waals surface area contributed by atoms with Crippen molar-refractivity contribution in [3.8, 4) is 0 Å². The molecule has 7 nitrogen and oxygen atoms in total. The van der Waals surface area contributed by atoms with Gasteiger partial charge in [0.05, 0.1) is 5.69 Å². The second-order valence-electron chi connectivity index (χ2n) is 5.21. The molecule has 1 aromatic rings. The van der Waals surface area contributed by atoms with Crippen LogP contribution in [0.1, 0.15) is 31.2 Å². The average Bonchev–Trinajstić information content (AvgIpc) is 2.76. The minimum atomic E-state index is -2.44. The highest BCUT2D eigenvalue weighted by molar-refractivity contribution is 7.81. The zero-order valence-corrected chi connectivity index (χ0v) is 13.2. The number of hydrogen-bond donors (Lipinski definition) is 3. The van der Waals surface area contributed by atoms with Crippen LogP contribution in [0.3, 0.4) is 0 Å². The molecule has 1 atom stereocenters. The van der Waals surface area contributed by atoms with Gasteiger partial charge in [0.25, 0.3) is 11.3 Å². The molecule has 22 heavy (non-hydrogen) atoms. The summed E-state index contributed by atoms with van der Waals surface area (Å²) in [6.45, 7) is 1.88. The maximum absolute atomic E-state index is 12.3. The molecular weight excluding hydrogens is 304 g/mol. The van der Waals surface area contributed by atoms with Crippen LogP contribution in [0.15, 0.2) is 24.3 Å². The molecule has 1 heterocycles. The first-order chi connectivity index (χ1) is 10.6. The number of nitrogens with one attached hydrogen (secondary N) is 1. The Morgan fingerprint density at radius 3 is 2.32 bits per heavy atom. The number of anilines is 1. The molecule has 1 unspecified atom stereocenters. The Kier molecular flexibility index (Phi) is 6.32. The van der Waals surface area contributed by atoms with Crippen molar-refractivity contribution in [3.63, 3.8) is 0 Å². The first kappa shape index (κ1) is 16.9. The normalized spacial score (nSPS) is 17.5. The van der Waals surface area contributed by atoms with Gasteiger partial charge in [0.15, 0.2) is 0 Å². The smallest absolute Gasteiger partial charge is 0.326 e. The Bertz CT molecular complexity index is 515. The molecule has 0 saturated carbocycles. The Hall–Kier alpha value is -1.48. The van der Waals surface area contributed by atoms with Gasteiger partial charge in [0.2, 0.25) is 0 Å². The van der Waals surface area contributed by atoms with Crippen molar-refractivity contribution in [1.82, 2.24) is 10.4 Å². The third-order valence-corrected chi connectivity index (χ3v) is 4.30. The lowest BCUT2D eigenvalue weighted by molar-refractivity contribution is 0.187. The van der Waals surface area contributed by atoms with E-state index < -0.39 is 17.3 Å². The fourth-order valence-electron chi connectivity index (χ4n) is 2.41. The molecule has 1 aliphatic heterocycles. The summed E-state index contributed by atoms with van der Waals surface area (Å²) in [5, 5.41) is 1.81. The van der Waals surface area contributed by atoms with Gasteiger partial charge in [-0.15, -0.1) is 0 Å². The predicted molar refractivity (Wildman–Crippen MR) is 86.2 cm³/mol. The van der Waals surface area contributed by atoms with Crippen molar-refractivity contribution < 1.29 is 13.6 Å². The SMILES string of the molecule is NCc1ccc(N(C(=O)NN2CCCCCC2)S(=O)O)cc1. The Morgan fingerprint density at radius 2 is 1.82 bits per heavy atom. The lowest BCUT2D eigenvalue weighted by Gasteiger charge is -2.25. The summed E-state index contributed by atoms with van der Waals surface area (Å²) < 4.78 is 21.8. The van der Waals surface area contributed by atoms with Crippen LogP contribution in [0.4, 0.5) is 10.5 Å². The highest BCUT2D eigenvalue weighted by Crippen LogP contribution is 2.17. The molecule has 2 amide bonds. The molecule has 1 saturated heterocycles. The molecule has 1 aliphatic rings. The largest absolute Gasteiger partial charge is 0.350 e. The molecule has 0 radical (unpaired) electrons. The molecule has 0 aromatic heterocycles. The summed E-state index contributed by atoms with van der Waals surface area (Å²) in [4.78, 5) is 12.3.